The Balaban J connectivity index is 2.04. The number of pyridine rings is 1. The molecule has 70 valence electrons. The summed E-state index contributed by atoms with van der Waals surface area (Å²) in [6, 6.07) is 2.75. The molecule has 1 aliphatic heterocycles. The molecule has 13 heavy (non-hydrogen) atoms. The van der Waals surface area contributed by atoms with E-state index in [1.807, 2.05) is 12.4 Å². The van der Waals surface area contributed by atoms with Crippen molar-refractivity contribution < 1.29 is 0 Å². The summed E-state index contributed by atoms with van der Waals surface area (Å²) in [4.78, 5) is 4.05. The van der Waals surface area contributed by atoms with Crippen molar-refractivity contribution in [1.82, 2.24) is 10.3 Å². The van der Waals surface area contributed by atoms with Crippen LogP contribution in [-0.4, -0.2) is 17.6 Å². The Morgan fingerprint density at radius 2 is 2.54 bits per heavy atom. The average Bonchev–Trinajstić information content (AvgIpc) is 2.61. The fourth-order valence-electron chi connectivity index (χ4n) is 1.77. The summed E-state index contributed by atoms with van der Waals surface area (Å²) >= 11 is 3.51. The molecule has 2 heterocycles. The molecular formula is C10H13BrN2. The van der Waals surface area contributed by atoms with E-state index in [1.54, 1.807) is 0 Å². The Kier molecular flexibility index (Phi) is 2.96. The van der Waals surface area contributed by atoms with Crippen LogP contribution in [0, 0.1) is 0 Å². The summed E-state index contributed by atoms with van der Waals surface area (Å²) in [5.74, 6) is 0. The minimum absolute atomic E-state index is 0.665. The van der Waals surface area contributed by atoms with E-state index < -0.39 is 0 Å². The van der Waals surface area contributed by atoms with Crippen LogP contribution in [0.4, 0.5) is 0 Å². The van der Waals surface area contributed by atoms with Crippen LogP contribution in [0.25, 0.3) is 0 Å². The number of aromatic nitrogens is 1. The molecule has 0 saturated carbocycles. The maximum absolute atomic E-state index is 4.05. The lowest BCUT2D eigenvalue weighted by molar-refractivity contribution is 0.601. The summed E-state index contributed by atoms with van der Waals surface area (Å²) < 4.78 is 1.13. The quantitative estimate of drug-likeness (QED) is 0.858. The minimum Gasteiger partial charge on any atom is -0.314 e. The molecule has 0 radical (unpaired) electrons. The zero-order chi connectivity index (χ0) is 9.10. The third-order valence-corrected chi connectivity index (χ3v) is 3.20. The highest BCUT2D eigenvalue weighted by atomic mass is 79.9. The Morgan fingerprint density at radius 3 is 3.23 bits per heavy atom. The van der Waals surface area contributed by atoms with Crippen molar-refractivity contribution in [2.24, 2.45) is 0 Å². The van der Waals surface area contributed by atoms with Crippen LogP contribution >= 0.6 is 15.9 Å². The predicted octanol–water partition coefficient (Wildman–Crippen LogP) is 2.14. The third-order valence-electron chi connectivity index (χ3n) is 2.49. The number of hydrogen-bond donors (Lipinski definition) is 1. The van der Waals surface area contributed by atoms with Crippen molar-refractivity contribution in [3.8, 4) is 0 Å². The molecular weight excluding hydrogens is 228 g/mol. The molecule has 2 nitrogen and oxygen atoms in total. The second-order valence-electron chi connectivity index (χ2n) is 3.46. The van der Waals surface area contributed by atoms with E-state index in [0.717, 1.165) is 10.9 Å². The van der Waals surface area contributed by atoms with Gasteiger partial charge in [0.05, 0.1) is 0 Å². The molecule has 0 aliphatic carbocycles. The van der Waals surface area contributed by atoms with Gasteiger partial charge in [-0.15, -0.1) is 0 Å². The second kappa shape index (κ2) is 4.20. The van der Waals surface area contributed by atoms with E-state index >= 15 is 0 Å². The molecule has 1 aromatic rings. The van der Waals surface area contributed by atoms with Crippen molar-refractivity contribution in [2.75, 3.05) is 6.54 Å². The van der Waals surface area contributed by atoms with E-state index in [4.69, 9.17) is 0 Å². The summed E-state index contributed by atoms with van der Waals surface area (Å²) in [7, 11) is 0. The predicted molar refractivity (Wildman–Crippen MR) is 56.7 cm³/mol. The first-order chi connectivity index (χ1) is 6.36. The number of rotatable bonds is 2. The molecule has 1 aromatic heterocycles. The molecule has 0 spiro atoms. The van der Waals surface area contributed by atoms with Gasteiger partial charge in [0, 0.05) is 22.9 Å². The molecule has 0 aromatic carbocycles. The Hall–Kier alpha value is -0.410. The zero-order valence-corrected chi connectivity index (χ0v) is 9.05. The summed E-state index contributed by atoms with van der Waals surface area (Å²) in [5, 5.41) is 3.49. The molecule has 1 unspecified atom stereocenters. The fraction of sp³-hybridized carbons (Fsp3) is 0.500. The SMILES string of the molecule is Brc1cnccc1CC1CCCN1. The zero-order valence-electron chi connectivity index (χ0n) is 7.46. The molecule has 1 saturated heterocycles. The first-order valence-corrected chi connectivity index (χ1v) is 5.47. The maximum atomic E-state index is 4.05. The van der Waals surface area contributed by atoms with Crippen LogP contribution in [0.2, 0.25) is 0 Å². The lowest BCUT2D eigenvalue weighted by Gasteiger charge is -2.10. The summed E-state index contributed by atoms with van der Waals surface area (Å²) in [6.07, 6.45) is 7.45. The van der Waals surface area contributed by atoms with Gasteiger partial charge >= 0.3 is 0 Å². The van der Waals surface area contributed by atoms with Gasteiger partial charge in [-0.05, 0) is 53.4 Å². The van der Waals surface area contributed by atoms with Gasteiger partial charge in [-0.25, -0.2) is 0 Å². The highest BCUT2D eigenvalue weighted by Gasteiger charge is 2.15. The van der Waals surface area contributed by atoms with E-state index in [9.17, 15) is 0 Å². The van der Waals surface area contributed by atoms with Crippen LogP contribution in [0.3, 0.4) is 0 Å². The van der Waals surface area contributed by atoms with Crippen molar-refractivity contribution in [1.29, 1.82) is 0 Å². The molecule has 1 atom stereocenters. The average molecular weight is 241 g/mol. The van der Waals surface area contributed by atoms with Gasteiger partial charge in [-0.3, -0.25) is 4.98 Å². The van der Waals surface area contributed by atoms with Crippen LogP contribution in [0.15, 0.2) is 22.9 Å². The van der Waals surface area contributed by atoms with Crippen LogP contribution in [0.1, 0.15) is 18.4 Å². The molecule has 2 rings (SSSR count). The number of nitrogens with one attached hydrogen (secondary N) is 1. The second-order valence-corrected chi connectivity index (χ2v) is 4.32. The molecule has 1 fully saturated rings. The largest absolute Gasteiger partial charge is 0.314 e. The van der Waals surface area contributed by atoms with Crippen molar-refractivity contribution in [3.63, 3.8) is 0 Å². The highest BCUT2D eigenvalue weighted by molar-refractivity contribution is 9.10. The lowest BCUT2D eigenvalue weighted by atomic mass is 10.1. The third kappa shape index (κ3) is 2.29. The summed E-state index contributed by atoms with van der Waals surface area (Å²) in [5.41, 5.74) is 1.36. The number of nitrogens with zero attached hydrogens (tertiary/aromatic N) is 1. The van der Waals surface area contributed by atoms with E-state index in [2.05, 4.69) is 32.3 Å². The Morgan fingerprint density at radius 1 is 1.62 bits per heavy atom. The van der Waals surface area contributed by atoms with Gasteiger partial charge in [0.2, 0.25) is 0 Å². The first-order valence-electron chi connectivity index (χ1n) is 4.68. The van der Waals surface area contributed by atoms with Crippen LogP contribution in [-0.2, 0) is 6.42 Å². The first kappa shape index (κ1) is 9.16. The molecule has 0 bridgehead atoms. The number of halogens is 1. The van der Waals surface area contributed by atoms with Crippen molar-refractivity contribution in [2.45, 2.75) is 25.3 Å². The highest BCUT2D eigenvalue weighted by Crippen LogP contribution is 2.18. The van der Waals surface area contributed by atoms with Crippen LogP contribution in [0.5, 0.6) is 0 Å². The number of hydrogen-bond acceptors (Lipinski definition) is 2. The monoisotopic (exact) mass is 240 g/mol. The normalized spacial score (nSPS) is 22.1. The summed E-state index contributed by atoms with van der Waals surface area (Å²) in [6.45, 7) is 1.17. The molecule has 0 amide bonds. The lowest BCUT2D eigenvalue weighted by Crippen LogP contribution is -2.23. The van der Waals surface area contributed by atoms with E-state index in [1.165, 1.54) is 24.9 Å². The van der Waals surface area contributed by atoms with Crippen molar-refractivity contribution >= 4 is 15.9 Å². The smallest absolute Gasteiger partial charge is 0.0412 e. The van der Waals surface area contributed by atoms with Crippen LogP contribution < -0.4 is 5.32 Å². The van der Waals surface area contributed by atoms with Crippen molar-refractivity contribution in [3.05, 3.63) is 28.5 Å². The Bertz CT molecular complexity index is 282. The Labute approximate surface area is 86.9 Å². The standard InChI is InChI=1S/C10H13BrN2/c11-10-7-12-5-3-8(10)6-9-2-1-4-13-9/h3,5,7,9,13H,1-2,4,6H2. The van der Waals surface area contributed by atoms with Gasteiger partial charge in [0.15, 0.2) is 0 Å². The van der Waals surface area contributed by atoms with Gasteiger partial charge in [-0.2, -0.15) is 0 Å². The van der Waals surface area contributed by atoms with Gasteiger partial charge in [0.1, 0.15) is 0 Å². The topological polar surface area (TPSA) is 24.9 Å². The molecule has 3 heteroatoms. The minimum atomic E-state index is 0.665. The van der Waals surface area contributed by atoms with Gasteiger partial charge in [0.25, 0.3) is 0 Å². The molecule has 1 aliphatic rings. The van der Waals surface area contributed by atoms with Gasteiger partial charge in [-0.1, -0.05) is 0 Å². The maximum Gasteiger partial charge on any atom is 0.0412 e. The van der Waals surface area contributed by atoms with E-state index in [-0.39, 0.29) is 0 Å². The van der Waals surface area contributed by atoms with E-state index in [0.29, 0.717) is 6.04 Å². The molecule has 1 N–H and O–H groups in total. The van der Waals surface area contributed by atoms with Gasteiger partial charge < -0.3 is 5.32 Å². The fourth-order valence-corrected chi connectivity index (χ4v) is 2.18.